The fourth-order valence-corrected chi connectivity index (χ4v) is 0. The molecule has 0 heterocycles. The Bertz CT molecular complexity index is 29.7. The molecule has 0 fully saturated rings. The summed E-state index contributed by atoms with van der Waals surface area (Å²) in [5.41, 5.74) is 0. The molecule has 0 N–H and O–H groups in total. The molecule has 0 aliphatic carbocycles. The van der Waals surface area contributed by atoms with Crippen LogP contribution in [0.25, 0.3) is 0 Å². The maximum atomic E-state index is 10.5. The molecule has 0 rings (SSSR count). The van der Waals surface area contributed by atoms with Gasteiger partial charge in [0.05, 0.1) is 0 Å². The van der Waals surface area contributed by atoms with Gasteiger partial charge in [-0.1, -0.05) is 7.12 Å². The molecule has 0 saturated heterocycles. The minimum absolute atomic E-state index is 0. The first-order chi connectivity index (χ1) is 2.27. The molecule has 30 valence electrons. The van der Waals surface area contributed by atoms with Crippen LogP contribution in [0, 0.1) is 0 Å². The number of rotatable bonds is 1. The van der Waals surface area contributed by atoms with Gasteiger partial charge in [-0.3, -0.25) is 4.39 Å². The SMILES string of the molecule is [Li+].[Li+].[O-]B([O-])CF. The van der Waals surface area contributed by atoms with Crippen molar-refractivity contribution in [2.75, 3.05) is 6.57 Å². The van der Waals surface area contributed by atoms with Gasteiger partial charge in [0.1, 0.15) is 0 Å². The second-order valence-corrected chi connectivity index (χ2v) is 0.584. The first kappa shape index (κ1) is 15.7. The predicted octanol–water partition coefficient (Wildman–Crippen LogP) is -8.29. The topological polar surface area (TPSA) is 46.1 Å². The van der Waals surface area contributed by atoms with Crippen LogP contribution in [-0.2, 0) is 0 Å². The molecule has 0 radical (unpaired) electrons. The first-order valence-corrected chi connectivity index (χ1v) is 1.15. The summed E-state index contributed by atoms with van der Waals surface area (Å²) >= 11 is 0. The number of hydrogen-bond donors (Lipinski definition) is 0. The average molecular weight is 89.7 g/mol. The van der Waals surface area contributed by atoms with Gasteiger partial charge in [0.25, 0.3) is 0 Å². The maximum Gasteiger partial charge on any atom is 1.00 e. The fourth-order valence-electron chi connectivity index (χ4n) is 0. The van der Waals surface area contributed by atoms with Crippen LogP contribution in [0.5, 0.6) is 0 Å². The van der Waals surface area contributed by atoms with E-state index < -0.39 is 13.7 Å². The van der Waals surface area contributed by atoms with Crippen LogP contribution in [0.3, 0.4) is 0 Å². The third-order valence-corrected chi connectivity index (χ3v) is 0.126. The van der Waals surface area contributed by atoms with Crippen LogP contribution in [0.2, 0.25) is 0 Å². The summed E-state index contributed by atoms with van der Waals surface area (Å²) < 4.78 is 10.5. The summed E-state index contributed by atoms with van der Waals surface area (Å²) in [5.74, 6) is 0. The van der Waals surface area contributed by atoms with Gasteiger partial charge in [0.15, 0.2) is 0 Å². The molecule has 6 heteroatoms. The van der Waals surface area contributed by atoms with Gasteiger partial charge in [-0.2, -0.15) is 0 Å². The Morgan fingerprint density at radius 3 is 1.43 bits per heavy atom. The van der Waals surface area contributed by atoms with Crippen LogP contribution in [0.15, 0.2) is 0 Å². The van der Waals surface area contributed by atoms with Crippen LogP contribution in [0.4, 0.5) is 4.39 Å². The molecule has 2 nitrogen and oxygen atoms in total. The van der Waals surface area contributed by atoms with Crippen molar-refractivity contribution in [2.24, 2.45) is 0 Å². The molecule has 0 saturated carbocycles. The van der Waals surface area contributed by atoms with Gasteiger partial charge >= 0.3 is 37.7 Å². The van der Waals surface area contributed by atoms with E-state index in [2.05, 4.69) is 0 Å². The van der Waals surface area contributed by atoms with Gasteiger partial charge < -0.3 is 10.0 Å². The van der Waals surface area contributed by atoms with Gasteiger partial charge in [0.2, 0.25) is 0 Å². The summed E-state index contributed by atoms with van der Waals surface area (Å²) in [6, 6.07) is 0. The van der Waals surface area contributed by atoms with Crippen LogP contribution in [0.1, 0.15) is 0 Å². The standard InChI is InChI=1S/CH2BFO2.2Li/c3-1-2(4)5;;/h1H2;;/q-2;2*+1. The molecule has 0 aliphatic rings. The third kappa shape index (κ3) is 19.2. The molecular formula is CH2BFLi2O2. The monoisotopic (exact) mass is 90.0 g/mol. The average Bonchev–Trinajstić information content (AvgIpc) is 1.38. The Balaban J connectivity index is -0.0000000800. The van der Waals surface area contributed by atoms with Crippen LogP contribution in [-0.4, -0.2) is 13.7 Å². The van der Waals surface area contributed by atoms with Crippen molar-refractivity contribution in [3.05, 3.63) is 0 Å². The third-order valence-electron chi connectivity index (χ3n) is 0.126. The minimum atomic E-state index is -2.28. The first-order valence-electron chi connectivity index (χ1n) is 1.15. The molecule has 0 amide bonds. The van der Waals surface area contributed by atoms with E-state index in [9.17, 15) is 4.39 Å². The Labute approximate surface area is 66.0 Å². The molecule has 0 aliphatic heterocycles. The second kappa shape index (κ2) is 10.2. The summed E-state index contributed by atoms with van der Waals surface area (Å²) in [5, 5.41) is 17.9. The number of halogens is 1. The quantitative estimate of drug-likeness (QED) is 0.300. The molecule has 0 aromatic carbocycles. The smallest absolute Gasteiger partial charge is 0.891 e. The normalized spacial score (nSPS) is 5.57. The summed E-state index contributed by atoms with van der Waals surface area (Å²) in [4.78, 5) is 0. The van der Waals surface area contributed by atoms with Gasteiger partial charge in [0, 0.05) is 6.57 Å². The Hall–Kier alpha value is 1.11. The Morgan fingerprint density at radius 1 is 1.29 bits per heavy atom. The minimum Gasteiger partial charge on any atom is -0.891 e. The molecule has 0 bridgehead atoms. The number of hydrogen-bond acceptors (Lipinski definition) is 2. The number of alkyl halides is 1. The van der Waals surface area contributed by atoms with E-state index in [1.165, 1.54) is 0 Å². The predicted molar refractivity (Wildman–Crippen MR) is 11.7 cm³/mol. The largest absolute Gasteiger partial charge is 1.00 e. The van der Waals surface area contributed by atoms with E-state index in [1.54, 1.807) is 0 Å². The Morgan fingerprint density at radius 2 is 1.43 bits per heavy atom. The molecule has 0 aromatic heterocycles. The molecule has 7 heavy (non-hydrogen) atoms. The van der Waals surface area contributed by atoms with Crippen molar-refractivity contribution in [2.45, 2.75) is 0 Å². The van der Waals surface area contributed by atoms with Crippen molar-refractivity contribution < 1.29 is 52.2 Å². The molecule has 0 spiro atoms. The van der Waals surface area contributed by atoms with E-state index in [0.717, 1.165) is 0 Å². The van der Waals surface area contributed by atoms with E-state index in [4.69, 9.17) is 10.0 Å². The van der Waals surface area contributed by atoms with Crippen molar-refractivity contribution in [3.63, 3.8) is 0 Å². The maximum absolute atomic E-state index is 10.5. The van der Waals surface area contributed by atoms with Crippen molar-refractivity contribution in [1.82, 2.24) is 0 Å². The summed E-state index contributed by atoms with van der Waals surface area (Å²) in [6.45, 7) is -1.31. The van der Waals surface area contributed by atoms with Crippen molar-refractivity contribution >= 4 is 7.12 Å². The summed E-state index contributed by atoms with van der Waals surface area (Å²) in [7, 11) is -2.28. The molecular weight excluding hydrogens is 87.7 g/mol. The zero-order valence-electron chi connectivity index (χ0n) is 4.48. The molecule has 0 atom stereocenters. The van der Waals surface area contributed by atoms with E-state index >= 15 is 0 Å². The fraction of sp³-hybridized carbons (Fsp3) is 1.00. The van der Waals surface area contributed by atoms with Crippen LogP contribution < -0.4 is 47.8 Å². The van der Waals surface area contributed by atoms with Crippen molar-refractivity contribution in [1.29, 1.82) is 0 Å². The van der Waals surface area contributed by atoms with Gasteiger partial charge in [-0.05, 0) is 0 Å². The molecule has 0 unspecified atom stereocenters. The second-order valence-electron chi connectivity index (χ2n) is 0.584. The Kier molecular flexibility index (Phi) is 22.8. The van der Waals surface area contributed by atoms with Crippen LogP contribution >= 0.6 is 0 Å². The van der Waals surface area contributed by atoms with E-state index in [0.29, 0.717) is 0 Å². The zero-order valence-corrected chi connectivity index (χ0v) is 4.48. The van der Waals surface area contributed by atoms with Gasteiger partial charge in [-0.25, -0.2) is 0 Å². The van der Waals surface area contributed by atoms with E-state index in [-0.39, 0.29) is 37.7 Å². The van der Waals surface area contributed by atoms with Crippen molar-refractivity contribution in [3.8, 4) is 0 Å². The van der Waals surface area contributed by atoms with E-state index in [1.807, 2.05) is 0 Å². The zero-order chi connectivity index (χ0) is 4.28. The summed E-state index contributed by atoms with van der Waals surface area (Å²) in [6.07, 6.45) is 0. The van der Waals surface area contributed by atoms with Gasteiger partial charge in [-0.15, -0.1) is 0 Å². The molecule has 0 aromatic rings.